The van der Waals surface area contributed by atoms with Gasteiger partial charge in [-0.15, -0.1) is 11.8 Å². The average Bonchev–Trinajstić information content (AvgIpc) is 3.35. The molecule has 10 heteroatoms. The Morgan fingerprint density at radius 2 is 1.83 bits per heavy atom. The first-order valence-corrected chi connectivity index (χ1v) is 12.3. The molecule has 8 nitrogen and oxygen atoms in total. The summed E-state index contributed by atoms with van der Waals surface area (Å²) >= 11 is 8.01. The lowest BCUT2D eigenvalue weighted by molar-refractivity contribution is -0.165. The maximum Gasteiger partial charge on any atom is 0.238 e. The normalized spacial score (nSPS) is 21.9. The summed E-state index contributed by atoms with van der Waals surface area (Å²) in [5.41, 5.74) is 0.776. The standard InChI is InChI=1S/C25H28ClNO7S/c1-29-13-31-20-11-9-18(26)22(23(20)34-14-30-2)27-25(28)24(35-17-6-4-3-5-7-17)16-8-10-19-21(12-16)33-15-32-19/h3-10,12,20,22-24H,11,13-15H2,1-2H3,(H,27,28)/t20-,22+,23+,24?/m1/s1. The van der Waals surface area contributed by atoms with Crippen molar-refractivity contribution in [3.8, 4) is 11.5 Å². The summed E-state index contributed by atoms with van der Waals surface area (Å²) in [6, 6.07) is 14.6. The minimum absolute atomic E-state index is 0.0262. The molecule has 2 aromatic rings. The fraction of sp³-hybridized carbons (Fsp3) is 0.400. The first kappa shape index (κ1) is 25.8. The molecule has 0 spiro atoms. The number of rotatable bonds is 11. The molecule has 188 valence electrons. The average molecular weight is 522 g/mol. The SMILES string of the molecule is COCO[C@H]1[C@H](OCOC)CC=C(Cl)[C@@H]1NC(=O)C(Sc1ccccc1)c1ccc2c(c1)OCO2. The highest BCUT2D eigenvalue weighted by Crippen LogP contribution is 2.41. The highest BCUT2D eigenvalue weighted by atomic mass is 35.5. The minimum Gasteiger partial charge on any atom is -0.454 e. The van der Waals surface area contributed by atoms with Crippen molar-refractivity contribution >= 4 is 29.3 Å². The first-order valence-electron chi connectivity index (χ1n) is 11.1. The van der Waals surface area contributed by atoms with Crippen molar-refractivity contribution in [2.24, 2.45) is 0 Å². The van der Waals surface area contributed by atoms with Crippen LogP contribution in [0, 0.1) is 0 Å². The van der Waals surface area contributed by atoms with Crippen LogP contribution < -0.4 is 14.8 Å². The Kier molecular flexibility index (Phi) is 9.31. The molecule has 0 bridgehead atoms. The summed E-state index contributed by atoms with van der Waals surface area (Å²) in [6.45, 7) is 0.275. The van der Waals surface area contributed by atoms with E-state index in [9.17, 15) is 4.79 Å². The molecule has 1 N–H and O–H groups in total. The van der Waals surface area contributed by atoms with E-state index in [-0.39, 0.29) is 32.4 Å². The summed E-state index contributed by atoms with van der Waals surface area (Å²) in [6.07, 6.45) is 1.42. The van der Waals surface area contributed by atoms with E-state index in [1.165, 1.54) is 18.9 Å². The van der Waals surface area contributed by atoms with E-state index >= 15 is 0 Å². The Morgan fingerprint density at radius 1 is 1.09 bits per heavy atom. The van der Waals surface area contributed by atoms with Crippen molar-refractivity contribution in [3.63, 3.8) is 0 Å². The number of benzene rings is 2. The number of carbonyl (C=O) groups excluding carboxylic acids is 1. The Labute approximate surface area is 213 Å². The maximum absolute atomic E-state index is 13.8. The van der Waals surface area contributed by atoms with Gasteiger partial charge < -0.3 is 33.7 Å². The van der Waals surface area contributed by atoms with Crippen LogP contribution in [-0.2, 0) is 23.7 Å². The van der Waals surface area contributed by atoms with Crippen molar-refractivity contribution in [2.75, 3.05) is 34.6 Å². The van der Waals surface area contributed by atoms with Gasteiger partial charge in [0.25, 0.3) is 0 Å². The number of thioether (sulfide) groups is 1. The van der Waals surface area contributed by atoms with Crippen LogP contribution in [0.15, 0.2) is 64.5 Å². The molecule has 1 aliphatic carbocycles. The van der Waals surface area contributed by atoms with Gasteiger partial charge in [0.05, 0.1) is 12.1 Å². The second-order valence-corrected chi connectivity index (χ2v) is 9.50. The molecule has 0 saturated carbocycles. The lowest BCUT2D eigenvalue weighted by atomic mass is 9.95. The summed E-state index contributed by atoms with van der Waals surface area (Å²) < 4.78 is 32.9. The largest absolute Gasteiger partial charge is 0.454 e. The Balaban J connectivity index is 1.60. The van der Waals surface area contributed by atoms with Gasteiger partial charge in [-0.25, -0.2) is 0 Å². The number of ether oxygens (including phenoxy) is 6. The van der Waals surface area contributed by atoms with Gasteiger partial charge in [0.1, 0.15) is 24.9 Å². The van der Waals surface area contributed by atoms with Crippen molar-refractivity contribution in [2.45, 2.75) is 34.8 Å². The van der Waals surface area contributed by atoms with E-state index < -0.39 is 17.4 Å². The lowest BCUT2D eigenvalue weighted by Gasteiger charge is -2.37. The summed E-state index contributed by atoms with van der Waals surface area (Å²) in [5, 5.41) is 2.98. The molecule has 2 aromatic carbocycles. The quantitative estimate of drug-likeness (QED) is 0.347. The molecule has 4 atom stereocenters. The van der Waals surface area contributed by atoms with Gasteiger partial charge in [0.15, 0.2) is 11.5 Å². The number of carbonyl (C=O) groups is 1. The first-order chi connectivity index (χ1) is 17.1. The topological polar surface area (TPSA) is 84.5 Å². The summed E-state index contributed by atoms with van der Waals surface area (Å²) in [5.74, 6) is 1.04. The van der Waals surface area contributed by atoms with Crippen LogP contribution in [0.1, 0.15) is 17.2 Å². The van der Waals surface area contributed by atoms with Crippen LogP contribution >= 0.6 is 23.4 Å². The van der Waals surface area contributed by atoms with E-state index in [2.05, 4.69) is 5.32 Å². The second kappa shape index (κ2) is 12.6. The van der Waals surface area contributed by atoms with E-state index in [1.54, 1.807) is 7.11 Å². The van der Waals surface area contributed by atoms with E-state index in [0.717, 1.165) is 10.5 Å². The van der Waals surface area contributed by atoms with Gasteiger partial charge in [0.2, 0.25) is 12.7 Å². The third-order valence-electron chi connectivity index (χ3n) is 5.55. The fourth-order valence-electron chi connectivity index (χ4n) is 3.89. The third kappa shape index (κ3) is 6.49. The van der Waals surface area contributed by atoms with E-state index in [4.69, 9.17) is 40.0 Å². The minimum atomic E-state index is -0.622. The van der Waals surface area contributed by atoms with Gasteiger partial charge in [-0.1, -0.05) is 41.9 Å². The van der Waals surface area contributed by atoms with Crippen molar-refractivity contribution in [3.05, 3.63) is 65.2 Å². The molecule has 0 fully saturated rings. The van der Waals surface area contributed by atoms with E-state index in [0.29, 0.717) is 23.0 Å². The lowest BCUT2D eigenvalue weighted by Crippen LogP contribution is -2.53. The van der Waals surface area contributed by atoms with Gasteiger partial charge in [-0.2, -0.15) is 0 Å². The third-order valence-corrected chi connectivity index (χ3v) is 7.20. The predicted molar refractivity (Wildman–Crippen MR) is 132 cm³/mol. The number of hydrogen-bond acceptors (Lipinski definition) is 8. The molecule has 1 unspecified atom stereocenters. The Hall–Kier alpha value is -2.27. The molecule has 0 aromatic heterocycles. The zero-order valence-corrected chi connectivity index (χ0v) is 21.1. The Bertz CT molecular complexity index is 1020. The van der Waals surface area contributed by atoms with Crippen LogP contribution in [0.2, 0.25) is 0 Å². The zero-order chi connectivity index (χ0) is 24.6. The number of fused-ring (bicyclic) bond motifs is 1. The molecule has 0 saturated heterocycles. The van der Waals surface area contributed by atoms with Crippen LogP contribution in [0.3, 0.4) is 0 Å². The molecule has 2 aliphatic rings. The van der Waals surface area contributed by atoms with E-state index in [1.807, 2.05) is 54.6 Å². The highest BCUT2D eigenvalue weighted by molar-refractivity contribution is 8.00. The molecule has 4 rings (SSSR count). The van der Waals surface area contributed by atoms with Crippen molar-refractivity contribution in [1.82, 2.24) is 5.32 Å². The van der Waals surface area contributed by atoms with Crippen LogP contribution in [-0.4, -0.2) is 58.8 Å². The predicted octanol–water partition coefficient (Wildman–Crippen LogP) is 4.24. The molecule has 35 heavy (non-hydrogen) atoms. The monoisotopic (exact) mass is 521 g/mol. The van der Waals surface area contributed by atoms with Crippen molar-refractivity contribution in [1.29, 1.82) is 0 Å². The van der Waals surface area contributed by atoms with Gasteiger partial charge >= 0.3 is 0 Å². The van der Waals surface area contributed by atoms with Gasteiger partial charge in [0, 0.05) is 24.1 Å². The van der Waals surface area contributed by atoms with Crippen LogP contribution in [0.5, 0.6) is 11.5 Å². The van der Waals surface area contributed by atoms with Gasteiger partial charge in [-0.05, 0) is 36.2 Å². The van der Waals surface area contributed by atoms with Gasteiger partial charge in [-0.3, -0.25) is 4.79 Å². The summed E-state index contributed by atoms with van der Waals surface area (Å²) in [7, 11) is 3.08. The molecular formula is C25H28ClNO7S. The molecule has 1 amide bonds. The summed E-state index contributed by atoms with van der Waals surface area (Å²) in [4.78, 5) is 14.7. The van der Waals surface area contributed by atoms with Crippen LogP contribution in [0.25, 0.3) is 0 Å². The molecule has 1 aliphatic heterocycles. The molecular weight excluding hydrogens is 494 g/mol. The number of hydrogen-bond donors (Lipinski definition) is 1. The highest BCUT2D eigenvalue weighted by Gasteiger charge is 2.39. The fourth-order valence-corrected chi connectivity index (χ4v) is 5.21. The smallest absolute Gasteiger partial charge is 0.238 e. The molecule has 0 radical (unpaired) electrons. The number of methoxy groups -OCH3 is 2. The number of amides is 1. The number of nitrogens with one attached hydrogen (secondary N) is 1. The van der Waals surface area contributed by atoms with Crippen LogP contribution in [0.4, 0.5) is 0 Å². The molecule has 1 heterocycles. The Morgan fingerprint density at radius 3 is 2.60 bits per heavy atom. The maximum atomic E-state index is 13.8. The zero-order valence-electron chi connectivity index (χ0n) is 19.5. The second-order valence-electron chi connectivity index (χ2n) is 7.88. The van der Waals surface area contributed by atoms with Crippen molar-refractivity contribution < 1.29 is 33.2 Å². The number of halogens is 1.